The molecule has 5 heteroatoms. The van der Waals surface area contributed by atoms with Crippen molar-refractivity contribution in [2.24, 2.45) is 0 Å². The largest absolute Gasteiger partial charge is 0.480 e. The van der Waals surface area contributed by atoms with E-state index < -0.39 is 12.0 Å². The summed E-state index contributed by atoms with van der Waals surface area (Å²) in [6.45, 7) is 1.15. The van der Waals surface area contributed by atoms with Crippen LogP contribution in [0.1, 0.15) is 23.6 Å². The molecule has 0 saturated carbocycles. The Labute approximate surface area is 118 Å². The van der Waals surface area contributed by atoms with Crippen molar-refractivity contribution < 1.29 is 14.7 Å². The molecule has 1 heterocycles. The zero-order chi connectivity index (χ0) is 14.7. The maximum Gasteiger partial charge on any atom is 0.325 e. The standard InChI is InChI=1S/C15H20N2O3/c1-16(2)13(18)8-10-17-9-7-11-5-3-4-6-12(11)14(17)15(19)20/h3-6,14H,7-10H2,1-2H3,(H,19,20). The molecule has 0 saturated heterocycles. The molecule has 1 aromatic rings. The lowest BCUT2D eigenvalue weighted by Crippen LogP contribution is -2.41. The molecule has 1 aromatic carbocycles. The molecule has 1 atom stereocenters. The molecule has 1 aliphatic rings. The van der Waals surface area contributed by atoms with Crippen LogP contribution in [-0.2, 0) is 16.0 Å². The third kappa shape index (κ3) is 2.99. The molecule has 1 unspecified atom stereocenters. The van der Waals surface area contributed by atoms with Crippen molar-refractivity contribution in [3.8, 4) is 0 Å². The van der Waals surface area contributed by atoms with Gasteiger partial charge < -0.3 is 10.0 Å². The smallest absolute Gasteiger partial charge is 0.325 e. The van der Waals surface area contributed by atoms with Gasteiger partial charge in [0.05, 0.1) is 0 Å². The Bertz CT molecular complexity index is 514. The van der Waals surface area contributed by atoms with Gasteiger partial charge in [-0.3, -0.25) is 14.5 Å². The second kappa shape index (κ2) is 6.05. The Hall–Kier alpha value is -1.88. The highest BCUT2D eigenvalue weighted by Gasteiger charge is 2.32. The zero-order valence-corrected chi connectivity index (χ0v) is 11.9. The molecule has 0 radical (unpaired) electrons. The van der Waals surface area contributed by atoms with Gasteiger partial charge in [0.25, 0.3) is 0 Å². The lowest BCUT2D eigenvalue weighted by atomic mass is 9.92. The minimum atomic E-state index is -0.852. The number of carboxylic acids is 1. The molecule has 1 aliphatic heterocycles. The first-order valence-electron chi connectivity index (χ1n) is 6.75. The van der Waals surface area contributed by atoms with Gasteiger partial charge in [0, 0.05) is 33.6 Å². The van der Waals surface area contributed by atoms with Crippen LogP contribution in [-0.4, -0.2) is 54.0 Å². The van der Waals surface area contributed by atoms with E-state index in [1.807, 2.05) is 29.2 Å². The fraction of sp³-hybridized carbons (Fsp3) is 0.467. The third-order valence-electron chi connectivity index (χ3n) is 3.73. The predicted molar refractivity (Wildman–Crippen MR) is 75.4 cm³/mol. The summed E-state index contributed by atoms with van der Waals surface area (Å²) in [7, 11) is 3.42. The number of nitrogens with zero attached hydrogens (tertiary/aromatic N) is 2. The summed E-state index contributed by atoms with van der Waals surface area (Å²) >= 11 is 0. The molecule has 1 N–H and O–H groups in total. The predicted octanol–water partition coefficient (Wildman–Crippen LogP) is 1.15. The molecular weight excluding hydrogens is 256 g/mol. The number of fused-ring (bicyclic) bond motifs is 1. The van der Waals surface area contributed by atoms with Crippen LogP contribution in [0.15, 0.2) is 24.3 Å². The van der Waals surface area contributed by atoms with Gasteiger partial charge in [0.15, 0.2) is 0 Å². The Balaban J connectivity index is 2.15. The minimum absolute atomic E-state index is 0.0213. The number of carbonyl (C=O) groups is 2. The Morgan fingerprint density at radius 1 is 1.35 bits per heavy atom. The molecule has 2 rings (SSSR count). The first-order valence-corrected chi connectivity index (χ1v) is 6.75. The second-order valence-electron chi connectivity index (χ2n) is 5.26. The number of hydrogen-bond acceptors (Lipinski definition) is 3. The molecule has 0 aromatic heterocycles. The van der Waals surface area contributed by atoms with Gasteiger partial charge in [-0.15, -0.1) is 0 Å². The monoisotopic (exact) mass is 276 g/mol. The van der Waals surface area contributed by atoms with E-state index in [4.69, 9.17) is 0 Å². The van der Waals surface area contributed by atoms with E-state index in [1.165, 1.54) is 4.90 Å². The fourth-order valence-corrected chi connectivity index (χ4v) is 2.61. The first kappa shape index (κ1) is 14.5. The van der Waals surface area contributed by atoms with Crippen LogP contribution in [0.2, 0.25) is 0 Å². The van der Waals surface area contributed by atoms with Gasteiger partial charge in [0.2, 0.25) is 5.91 Å². The van der Waals surface area contributed by atoms with Gasteiger partial charge >= 0.3 is 5.97 Å². The quantitative estimate of drug-likeness (QED) is 0.896. The van der Waals surface area contributed by atoms with Crippen molar-refractivity contribution >= 4 is 11.9 Å². The highest BCUT2D eigenvalue weighted by molar-refractivity contribution is 5.77. The Morgan fingerprint density at radius 2 is 2.05 bits per heavy atom. The summed E-state index contributed by atoms with van der Waals surface area (Å²) in [5, 5.41) is 9.49. The maximum absolute atomic E-state index is 11.7. The third-order valence-corrected chi connectivity index (χ3v) is 3.73. The average Bonchev–Trinajstić information content (AvgIpc) is 2.43. The molecule has 0 fully saturated rings. The highest BCUT2D eigenvalue weighted by atomic mass is 16.4. The van der Waals surface area contributed by atoms with E-state index in [9.17, 15) is 14.7 Å². The molecule has 0 aliphatic carbocycles. The van der Waals surface area contributed by atoms with Crippen molar-refractivity contribution in [1.29, 1.82) is 0 Å². The number of amides is 1. The number of carboxylic acid groups (broad SMARTS) is 1. The summed E-state index contributed by atoms with van der Waals surface area (Å²) in [6, 6.07) is 7.00. The van der Waals surface area contributed by atoms with E-state index in [1.54, 1.807) is 14.1 Å². The van der Waals surface area contributed by atoms with Crippen molar-refractivity contribution in [3.63, 3.8) is 0 Å². The van der Waals surface area contributed by atoms with Crippen LogP contribution in [0.25, 0.3) is 0 Å². The molecule has 5 nitrogen and oxygen atoms in total. The van der Waals surface area contributed by atoms with Crippen LogP contribution >= 0.6 is 0 Å². The molecule has 0 bridgehead atoms. The first-order chi connectivity index (χ1) is 9.50. The number of rotatable bonds is 4. The molecule has 108 valence electrons. The van der Waals surface area contributed by atoms with E-state index in [-0.39, 0.29) is 5.91 Å². The van der Waals surface area contributed by atoms with E-state index >= 15 is 0 Å². The fourth-order valence-electron chi connectivity index (χ4n) is 2.61. The summed E-state index contributed by atoms with van der Waals surface area (Å²) in [6.07, 6.45) is 1.18. The van der Waals surface area contributed by atoms with Crippen molar-refractivity contribution in [2.45, 2.75) is 18.9 Å². The van der Waals surface area contributed by atoms with Gasteiger partial charge in [-0.05, 0) is 17.5 Å². The average molecular weight is 276 g/mol. The Morgan fingerprint density at radius 3 is 2.70 bits per heavy atom. The van der Waals surface area contributed by atoms with Crippen molar-refractivity contribution in [3.05, 3.63) is 35.4 Å². The minimum Gasteiger partial charge on any atom is -0.480 e. The van der Waals surface area contributed by atoms with Crippen LogP contribution in [0.5, 0.6) is 0 Å². The number of carbonyl (C=O) groups excluding carboxylic acids is 1. The van der Waals surface area contributed by atoms with E-state index in [0.717, 1.165) is 17.5 Å². The van der Waals surface area contributed by atoms with Crippen LogP contribution in [0, 0.1) is 0 Å². The number of aliphatic carboxylic acids is 1. The van der Waals surface area contributed by atoms with Gasteiger partial charge in [-0.1, -0.05) is 24.3 Å². The van der Waals surface area contributed by atoms with Crippen LogP contribution in [0.3, 0.4) is 0 Å². The van der Waals surface area contributed by atoms with E-state index in [2.05, 4.69) is 0 Å². The van der Waals surface area contributed by atoms with Crippen molar-refractivity contribution in [1.82, 2.24) is 9.80 Å². The van der Waals surface area contributed by atoms with Crippen LogP contribution < -0.4 is 0 Å². The van der Waals surface area contributed by atoms with Gasteiger partial charge in [-0.2, -0.15) is 0 Å². The highest BCUT2D eigenvalue weighted by Crippen LogP contribution is 2.29. The van der Waals surface area contributed by atoms with Gasteiger partial charge in [-0.25, -0.2) is 0 Å². The maximum atomic E-state index is 11.7. The molecule has 0 spiro atoms. The summed E-state index contributed by atoms with van der Waals surface area (Å²) in [4.78, 5) is 26.6. The Kier molecular flexibility index (Phi) is 4.39. The summed E-state index contributed by atoms with van der Waals surface area (Å²) in [5.74, 6) is -0.831. The van der Waals surface area contributed by atoms with Gasteiger partial charge in [0.1, 0.15) is 6.04 Å². The molecule has 20 heavy (non-hydrogen) atoms. The number of benzene rings is 1. The zero-order valence-electron chi connectivity index (χ0n) is 11.9. The lowest BCUT2D eigenvalue weighted by molar-refractivity contribution is -0.144. The summed E-state index contributed by atoms with van der Waals surface area (Å²) < 4.78 is 0. The van der Waals surface area contributed by atoms with Crippen LogP contribution in [0.4, 0.5) is 0 Å². The topological polar surface area (TPSA) is 60.9 Å². The van der Waals surface area contributed by atoms with E-state index in [0.29, 0.717) is 19.5 Å². The summed E-state index contributed by atoms with van der Waals surface area (Å²) in [5.41, 5.74) is 1.94. The molecular formula is C15H20N2O3. The number of hydrogen-bond donors (Lipinski definition) is 1. The normalized spacial score (nSPS) is 18.4. The molecule has 1 amide bonds. The van der Waals surface area contributed by atoms with Crippen molar-refractivity contribution in [2.75, 3.05) is 27.2 Å². The lowest BCUT2D eigenvalue weighted by Gasteiger charge is -2.34. The SMILES string of the molecule is CN(C)C(=O)CCN1CCc2ccccc2C1C(=O)O. The second-order valence-corrected chi connectivity index (χ2v) is 5.26.